The van der Waals surface area contributed by atoms with Gasteiger partial charge in [0.15, 0.2) is 0 Å². The van der Waals surface area contributed by atoms with Crippen molar-refractivity contribution in [1.29, 1.82) is 0 Å². The summed E-state index contributed by atoms with van der Waals surface area (Å²) in [6.07, 6.45) is 3.36. The number of carbonyl (C=O) groups is 1. The highest BCUT2D eigenvalue weighted by Gasteiger charge is 2.26. The second-order valence-electron chi connectivity index (χ2n) is 8.26. The number of carbonyl (C=O) groups excluding carboxylic acids is 1. The number of hydrogen-bond donors (Lipinski definition) is 0. The van der Waals surface area contributed by atoms with E-state index in [0.717, 1.165) is 62.4 Å². The molecule has 1 amide bonds. The SMILES string of the molecule is CN1CC(CN2CCN(c3ccc4ncnc(N(C)C)c4c3)CC2)CCC1=O. The third kappa shape index (κ3) is 3.90. The number of nitrogens with zero attached hydrogens (tertiary/aromatic N) is 6. The summed E-state index contributed by atoms with van der Waals surface area (Å²) in [6.45, 7) is 6.19. The fourth-order valence-corrected chi connectivity index (χ4v) is 4.39. The normalized spacial score (nSPS) is 21.4. The Bertz CT molecular complexity index is 846. The molecule has 7 heteroatoms. The molecular formula is C21H30N6O. The minimum atomic E-state index is 0.290. The van der Waals surface area contributed by atoms with Crippen LogP contribution in [0.4, 0.5) is 11.5 Å². The smallest absolute Gasteiger partial charge is 0.222 e. The molecule has 0 radical (unpaired) electrons. The monoisotopic (exact) mass is 382 g/mol. The Kier molecular flexibility index (Phi) is 5.35. The van der Waals surface area contributed by atoms with E-state index in [9.17, 15) is 4.79 Å². The number of hydrogen-bond acceptors (Lipinski definition) is 6. The Balaban J connectivity index is 1.40. The first-order valence-electron chi connectivity index (χ1n) is 10.1. The van der Waals surface area contributed by atoms with Crippen LogP contribution >= 0.6 is 0 Å². The summed E-state index contributed by atoms with van der Waals surface area (Å²) in [7, 11) is 5.96. The van der Waals surface area contributed by atoms with Crippen molar-refractivity contribution in [3.05, 3.63) is 24.5 Å². The maximum absolute atomic E-state index is 11.7. The molecule has 0 aliphatic carbocycles. The maximum Gasteiger partial charge on any atom is 0.222 e. The Morgan fingerprint density at radius 1 is 1.14 bits per heavy atom. The topological polar surface area (TPSA) is 55.8 Å². The molecule has 2 aromatic rings. The van der Waals surface area contributed by atoms with Crippen LogP contribution in [0.15, 0.2) is 24.5 Å². The van der Waals surface area contributed by atoms with E-state index < -0.39 is 0 Å². The predicted molar refractivity (Wildman–Crippen MR) is 113 cm³/mol. The Labute approximate surface area is 166 Å². The average molecular weight is 383 g/mol. The molecule has 2 fully saturated rings. The molecule has 1 atom stereocenters. The van der Waals surface area contributed by atoms with Gasteiger partial charge in [0.2, 0.25) is 5.91 Å². The van der Waals surface area contributed by atoms with Crippen LogP contribution in [0.2, 0.25) is 0 Å². The van der Waals surface area contributed by atoms with E-state index in [1.165, 1.54) is 5.69 Å². The van der Waals surface area contributed by atoms with E-state index in [1.54, 1.807) is 6.33 Å². The fourth-order valence-electron chi connectivity index (χ4n) is 4.39. The highest BCUT2D eigenvalue weighted by Crippen LogP contribution is 2.27. The van der Waals surface area contributed by atoms with Gasteiger partial charge in [0, 0.05) is 77.9 Å². The molecule has 0 saturated carbocycles. The Hall–Kier alpha value is -2.41. The average Bonchev–Trinajstić information content (AvgIpc) is 2.70. The fraction of sp³-hybridized carbons (Fsp3) is 0.571. The number of fused-ring (bicyclic) bond motifs is 1. The minimum Gasteiger partial charge on any atom is -0.369 e. The number of likely N-dealkylation sites (tertiary alicyclic amines) is 1. The molecule has 150 valence electrons. The first kappa shape index (κ1) is 18.9. The number of benzene rings is 1. The lowest BCUT2D eigenvalue weighted by atomic mass is 9.97. The van der Waals surface area contributed by atoms with Crippen molar-refractivity contribution in [2.75, 3.05) is 70.2 Å². The lowest BCUT2D eigenvalue weighted by Crippen LogP contribution is -2.49. The highest BCUT2D eigenvalue weighted by molar-refractivity contribution is 5.91. The zero-order valence-electron chi connectivity index (χ0n) is 17.1. The van der Waals surface area contributed by atoms with Gasteiger partial charge >= 0.3 is 0 Å². The molecule has 28 heavy (non-hydrogen) atoms. The summed E-state index contributed by atoms with van der Waals surface area (Å²) in [5.41, 5.74) is 2.23. The molecule has 2 aliphatic rings. The standard InChI is InChI=1S/C21H30N6O/c1-24(2)21-18-12-17(5-6-19(18)22-15-23-21)27-10-8-26(9-11-27)14-16-4-7-20(28)25(3)13-16/h5-6,12,15-16H,4,7-11,13-14H2,1-3H3. The van der Waals surface area contributed by atoms with E-state index >= 15 is 0 Å². The van der Waals surface area contributed by atoms with Crippen molar-refractivity contribution in [3.8, 4) is 0 Å². The van der Waals surface area contributed by atoms with Crippen LogP contribution in [-0.2, 0) is 4.79 Å². The van der Waals surface area contributed by atoms with Crippen LogP contribution in [0.3, 0.4) is 0 Å². The van der Waals surface area contributed by atoms with Gasteiger partial charge in [-0.3, -0.25) is 9.69 Å². The van der Waals surface area contributed by atoms with Gasteiger partial charge in [-0.25, -0.2) is 9.97 Å². The summed E-state index contributed by atoms with van der Waals surface area (Å²) in [5.74, 6) is 1.86. The molecule has 3 heterocycles. The predicted octanol–water partition coefficient (Wildman–Crippen LogP) is 1.69. The summed E-state index contributed by atoms with van der Waals surface area (Å²) >= 11 is 0. The molecule has 1 aromatic heterocycles. The van der Waals surface area contributed by atoms with E-state index in [2.05, 4.69) is 38.0 Å². The van der Waals surface area contributed by atoms with Crippen LogP contribution in [0.5, 0.6) is 0 Å². The van der Waals surface area contributed by atoms with Crippen molar-refractivity contribution in [1.82, 2.24) is 19.8 Å². The lowest BCUT2D eigenvalue weighted by molar-refractivity contribution is -0.133. The van der Waals surface area contributed by atoms with Gasteiger partial charge in [-0.2, -0.15) is 0 Å². The van der Waals surface area contributed by atoms with E-state index in [0.29, 0.717) is 18.2 Å². The first-order chi connectivity index (χ1) is 13.5. The van der Waals surface area contributed by atoms with Crippen molar-refractivity contribution >= 4 is 28.3 Å². The lowest BCUT2D eigenvalue weighted by Gasteiger charge is -2.39. The Morgan fingerprint density at radius 3 is 2.64 bits per heavy atom. The van der Waals surface area contributed by atoms with Gasteiger partial charge in [-0.15, -0.1) is 0 Å². The third-order valence-corrected chi connectivity index (χ3v) is 6.00. The summed E-state index contributed by atoms with van der Waals surface area (Å²) in [6, 6.07) is 6.49. The van der Waals surface area contributed by atoms with Crippen LogP contribution < -0.4 is 9.80 Å². The first-order valence-corrected chi connectivity index (χ1v) is 10.1. The van der Waals surface area contributed by atoms with Gasteiger partial charge in [-0.1, -0.05) is 0 Å². The van der Waals surface area contributed by atoms with Crippen LogP contribution in [0.25, 0.3) is 10.9 Å². The van der Waals surface area contributed by atoms with Crippen LogP contribution in [0.1, 0.15) is 12.8 Å². The molecule has 0 bridgehead atoms. The Morgan fingerprint density at radius 2 is 1.93 bits per heavy atom. The molecule has 0 spiro atoms. The van der Waals surface area contributed by atoms with E-state index in [1.807, 2.05) is 30.9 Å². The minimum absolute atomic E-state index is 0.290. The van der Waals surface area contributed by atoms with E-state index in [4.69, 9.17) is 0 Å². The molecule has 0 N–H and O–H groups in total. The molecular weight excluding hydrogens is 352 g/mol. The molecule has 2 saturated heterocycles. The molecule has 7 nitrogen and oxygen atoms in total. The highest BCUT2D eigenvalue weighted by atomic mass is 16.2. The zero-order chi connectivity index (χ0) is 19.7. The van der Waals surface area contributed by atoms with Gasteiger partial charge in [0.25, 0.3) is 0 Å². The van der Waals surface area contributed by atoms with Crippen molar-refractivity contribution in [3.63, 3.8) is 0 Å². The second-order valence-corrected chi connectivity index (χ2v) is 8.26. The summed E-state index contributed by atoms with van der Waals surface area (Å²) < 4.78 is 0. The third-order valence-electron chi connectivity index (χ3n) is 6.00. The van der Waals surface area contributed by atoms with Crippen LogP contribution in [-0.4, -0.2) is 86.1 Å². The number of aromatic nitrogens is 2. The quantitative estimate of drug-likeness (QED) is 0.802. The maximum atomic E-state index is 11.7. The van der Waals surface area contributed by atoms with Gasteiger partial charge in [-0.05, 0) is 30.5 Å². The summed E-state index contributed by atoms with van der Waals surface area (Å²) in [5, 5.41) is 1.10. The number of piperazine rings is 1. The van der Waals surface area contributed by atoms with Gasteiger partial charge in [0.05, 0.1) is 5.52 Å². The van der Waals surface area contributed by atoms with Crippen molar-refractivity contribution in [2.24, 2.45) is 5.92 Å². The molecule has 2 aliphatic heterocycles. The second kappa shape index (κ2) is 7.91. The molecule has 4 rings (SSSR count). The number of anilines is 2. The zero-order valence-corrected chi connectivity index (χ0v) is 17.1. The van der Waals surface area contributed by atoms with Gasteiger partial charge in [0.1, 0.15) is 12.1 Å². The number of rotatable bonds is 4. The molecule has 1 aromatic carbocycles. The molecule has 1 unspecified atom stereocenters. The van der Waals surface area contributed by atoms with Crippen molar-refractivity contribution < 1.29 is 4.79 Å². The van der Waals surface area contributed by atoms with E-state index in [-0.39, 0.29) is 0 Å². The van der Waals surface area contributed by atoms with Crippen LogP contribution in [0, 0.1) is 5.92 Å². The van der Waals surface area contributed by atoms with Crippen molar-refractivity contribution in [2.45, 2.75) is 12.8 Å². The number of amides is 1. The summed E-state index contributed by atoms with van der Waals surface area (Å²) in [4.78, 5) is 29.5. The largest absolute Gasteiger partial charge is 0.369 e. The number of piperidine rings is 1. The van der Waals surface area contributed by atoms with Gasteiger partial charge < -0.3 is 14.7 Å².